The van der Waals surface area contributed by atoms with E-state index in [0.29, 0.717) is 40.0 Å². The summed E-state index contributed by atoms with van der Waals surface area (Å²) in [6.07, 6.45) is 3.39. The zero-order valence-electron chi connectivity index (χ0n) is 15.0. The molecule has 146 valence electrons. The molecule has 0 unspecified atom stereocenters. The molecule has 0 bridgehead atoms. The summed E-state index contributed by atoms with van der Waals surface area (Å²) in [5, 5.41) is 1.01. The van der Waals surface area contributed by atoms with Gasteiger partial charge in [-0.2, -0.15) is 0 Å². The number of amides is 1. The molecule has 7 nitrogen and oxygen atoms in total. The Balaban J connectivity index is 1.56. The highest BCUT2D eigenvalue weighted by atomic mass is 35.5. The van der Waals surface area contributed by atoms with Crippen molar-refractivity contribution in [1.82, 2.24) is 19.4 Å². The molecule has 0 radical (unpaired) electrons. The summed E-state index contributed by atoms with van der Waals surface area (Å²) >= 11 is 12.1. The maximum Gasteiger partial charge on any atom is 0.326 e. The number of benzene rings is 1. The van der Waals surface area contributed by atoms with Crippen LogP contribution in [-0.2, 0) is 11.2 Å². The number of rotatable bonds is 3. The summed E-state index contributed by atoms with van der Waals surface area (Å²) in [6, 6.07) is 6.68. The van der Waals surface area contributed by atoms with Crippen molar-refractivity contribution in [1.29, 1.82) is 0 Å². The second-order valence-electron chi connectivity index (χ2n) is 7.02. The van der Waals surface area contributed by atoms with E-state index in [-0.39, 0.29) is 24.1 Å². The maximum atomic E-state index is 12.8. The Morgan fingerprint density at radius 2 is 2.00 bits per heavy atom. The van der Waals surface area contributed by atoms with Crippen molar-refractivity contribution < 1.29 is 4.79 Å². The van der Waals surface area contributed by atoms with E-state index in [1.165, 1.54) is 0 Å². The monoisotopic (exact) mass is 419 g/mol. The molecule has 28 heavy (non-hydrogen) atoms. The van der Waals surface area contributed by atoms with Crippen molar-refractivity contribution >= 4 is 46.0 Å². The highest BCUT2D eigenvalue weighted by Gasteiger charge is 2.27. The largest absolute Gasteiger partial charge is 0.384 e. The number of nitrogens with zero attached hydrogens (tertiary/aromatic N) is 3. The molecule has 1 fully saturated rings. The SMILES string of the molecule is Nc1cc2c(cn1)[nH]c(=O)n2[C@H]1CCCN(C(=O)Cc2cc(Cl)cc(Cl)c2)C1. The molecule has 1 amide bonds. The third-order valence-corrected chi connectivity index (χ3v) is 5.45. The minimum absolute atomic E-state index is 0.0166. The number of nitrogens with one attached hydrogen (secondary N) is 1. The third-order valence-electron chi connectivity index (χ3n) is 5.02. The number of fused-ring (bicyclic) bond motifs is 1. The number of nitrogen functional groups attached to an aromatic ring is 1. The van der Waals surface area contributed by atoms with E-state index in [1.54, 1.807) is 39.9 Å². The van der Waals surface area contributed by atoms with Crippen LogP contribution in [0.15, 0.2) is 35.3 Å². The van der Waals surface area contributed by atoms with Gasteiger partial charge in [-0.15, -0.1) is 0 Å². The fourth-order valence-electron chi connectivity index (χ4n) is 3.79. The van der Waals surface area contributed by atoms with Gasteiger partial charge in [0.25, 0.3) is 0 Å². The van der Waals surface area contributed by atoms with Gasteiger partial charge in [0.1, 0.15) is 5.82 Å². The highest BCUT2D eigenvalue weighted by molar-refractivity contribution is 6.34. The second kappa shape index (κ2) is 7.48. The van der Waals surface area contributed by atoms with Gasteiger partial charge in [0, 0.05) is 29.2 Å². The van der Waals surface area contributed by atoms with Crippen LogP contribution in [0.25, 0.3) is 11.0 Å². The van der Waals surface area contributed by atoms with Crippen LogP contribution >= 0.6 is 23.2 Å². The summed E-state index contributed by atoms with van der Waals surface area (Å²) in [6.45, 7) is 1.12. The van der Waals surface area contributed by atoms with Crippen LogP contribution in [0, 0.1) is 0 Å². The van der Waals surface area contributed by atoms with E-state index < -0.39 is 0 Å². The quantitative estimate of drug-likeness (QED) is 0.681. The Labute approximate surface area is 171 Å². The number of hydrogen-bond donors (Lipinski definition) is 2. The number of aromatic nitrogens is 3. The predicted octanol–water partition coefficient (Wildman–Crippen LogP) is 3.02. The molecule has 9 heteroatoms. The van der Waals surface area contributed by atoms with Gasteiger partial charge in [0.15, 0.2) is 0 Å². The van der Waals surface area contributed by atoms with Gasteiger partial charge in [0.2, 0.25) is 5.91 Å². The first-order valence-corrected chi connectivity index (χ1v) is 9.75. The lowest BCUT2D eigenvalue weighted by molar-refractivity contribution is -0.132. The average Bonchev–Trinajstić information content (AvgIpc) is 2.96. The number of carbonyl (C=O) groups is 1. The molecular formula is C19H19Cl2N5O2. The molecule has 3 heterocycles. The molecular weight excluding hydrogens is 401 g/mol. The molecule has 3 aromatic rings. The standard InChI is InChI=1S/C19H19Cl2N5O2/c20-12-4-11(5-13(21)7-12)6-18(27)25-3-1-2-14(10-25)26-16-8-17(22)23-9-15(16)24-19(26)28/h4-5,7-9,14H,1-3,6,10H2,(H2,22,23)(H,24,28)/t14-/m0/s1. The van der Waals surface area contributed by atoms with Crippen LogP contribution in [0.4, 0.5) is 5.82 Å². The van der Waals surface area contributed by atoms with E-state index in [4.69, 9.17) is 28.9 Å². The van der Waals surface area contributed by atoms with Crippen molar-refractivity contribution in [2.45, 2.75) is 25.3 Å². The van der Waals surface area contributed by atoms with Gasteiger partial charge in [-0.25, -0.2) is 9.78 Å². The number of nitrogens with two attached hydrogens (primary N) is 1. The molecule has 1 aliphatic heterocycles. The molecule has 1 aromatic carbocycles. The third kappa shape index (κ3) is 3.72. The van der Waals surface area contributed by atoms with Crippen molar-refractivity contribution in [2.75, 3.05) is 18.8 Å². The highest BCUT2D eigenvalue weighted by Crippen LogP contribution is 2.26. The molecule has 3 N–H and O–H groups in total. The van der Waals surface area contributed by atoms with E-state index in [0.717, 1.165) is 18.4 Å². The van der Waals surface area contributed by atoms with E-state index in [9.17, 15) is 9.59 Å². The average molecular weight is 420 g/mol. The van der Waals surface area contributed by atoms with Gasteiger partial charge < -0.3 is 15.6 Å². The normalized spacial score (nSPS) is 17.2. The van der Waals surface area contributed by atoms with Crippen LogP contribution < -0.4 is 11.4 Å². The molecule has 0 spiro atoms. The fourth-order valence-corrected chi connectivity index (χ4v) is 4.37. The number of piperidine rings is 1. The van der Waals surface area contributed by atoms with E-state index in [2.05, 4.69) is 9.97 Å². The van der Waals surface area contributed by atoms with Crippen molar-refractivity contribution in [3.8, 4) is 0 Å². The lowest BCUT2D eigenvalue weighted by Crippen LogP contribution is -2.43. The summed E-state index contributed by atoms with van der Waals surface area (Å²) in [7, 11) is 0. The molecule has 1 saturated heterocycles. The molecule has 1 atom stereocenters. The van der Waals surface area contributed by atoms with Crippen molar-refractivity contribution in [3.05, 3.63) is 56.6 Å². The van der Waals surface area contributed by atoms with Gasteiger partial charge in [-0.3, -0.25) is 9.36 Å². The van der Waals surface area contributed by atoms with E-state index >= 15 is 0 Å². The predicted molar refractivity (Wildman–Crippen MR) is 110 cm³/mol. The Hall–Kier alpha value is -2.51. The van der Waals surface area contributed by atoms with Gasteiger partial charge in [-0.05, 0) is 36.6 Å². The fraction of sp³-hybridized carbons (Fsp3) is 0.316. The Morgan fingerprint density at radius 1 is 1.25 bits per heavy atom. The summed E-state index contributed by atoms with van der Waals surface area (Å²) < 4.78 is 1.68. The molecule has 0 aliphatic carbocycles. The number of hydrogen-bond acceptors (Lipinski definition) is 4. The number of H-pyrrole nitrogens is 1. The number of anilines is 1. The van der Waals surface area contributed by atoms with Crippen LogP contribution in [0.1, 0.15) is 24.4 Å². The molecule has 0 saturated carbocycles. The van der Waals surface area contributed by atoms with Crippen LogP contribution in [-0.4, -0.2) is 38.4 Å². The Morgan fingerprint density at radius 3 is 2.75 bits per heavy atom. The smallest absolute Gasteiger partial charge is 0.326 e. The second-order valence-corrected chi connectivity index (χ2v) is 7.89. The van der Waals surface area contributed by atoms with Crippen LogP contribution in [0.2, 0.25) is 10.0 Å². The minimum Gasteiger partial charge on any atom is -0.384 e. The lowest BCUT2D eigenvalue weighted by atomic mass is 10.0. The Kier molecular flexibility index (Phi) is 5.03. The van der Waals surface area contributed by atoms with Crippen molar-refractivity contribution in [3.63, 3.8) is 0 Å². The van der Waals surface area contributed by atoms with Crippen LogP contribution in [0.5, 0.6) is 0 Å². The number of likely N-dealkylation sites (tertiary alicyclic amines) is 1. The van der Waals surface area contributed by atoms with E-state index in [1.807, 2.05) is 0 Å². The van der Waals surface area contributed by atoms with Gasteiger partial charge in [0.05, 0.1) is 29.7 Å². The summed E-state index contributed by atoms with van der Waals surface area (Å²) in [4.78, 5) is 33.9. The first-order valence-electron chi connectivity index (χ1n) is 8.99. The first-order chi connectivity index (χ1) is 13.4. The molecule has 4 rings (SSSR count). The summed E-state index contributed by atoms with van der Waals surface area (Å²) in [5.41, 5.74) is 7.69. The van der Waals surface area contributed by atoms with Crippen LogP contribution in [0.3, 0.4) is 0 Å². The lowest BCUT2D eigenvalue weighted by Gasteiger charge is -2.33. The number of pyridine rings is 1. The number of halogens is 2. The zero-order chi connectivity index (χ0) is 19.8. The molecule has 1 aliphatic rings. The summed E-state index contributed by atoms with van der Waals surface area (Å²) in [5.74, 6) is 0.332. The first kappa shape index (κ1) is 18.8. The number of carbonyl (C=O) groups excluding carboxylic acids is 1. The topological polar surface area (TPSA) is 97.0 Å². The number of imidazole rings is 1. The Bertz CT molecular complexity index is 1090. The van der Waals surface area contributed by atoms with Gasteiger partial charge in [-0.1, -0.05) is 23.2 Å². The maximum absolute atomic E-state index is 12.8. The zero-order valence-corrected chi connectivity index (χ0v) is 16.5. The van der Waals surface area contributed by atoms with Gasteiger partial charge >= 0.3 is 5.69 Å². The van der Waals surface area contributed by atoms with Crippen molar-refractivity contribution in [2.24, 2.45) is 0 Å². The number of aromatic amines is 1. The molecule has 2 aromatic heterocycles. The minimum atomic E-state index is -0.219.